The van der Waals surface area contributed by atoms with Crippen molar-refractivity contribution < 1.29 is 0 Å². The van der Waals surface area contributed by atoms with Crippen LogP contribution in [-0.2, 0) is 0 Å². The Balaban J connectivity index is 2.90. The Hall–Kier alpha value is 0.180. The summed E-state index contributed by atoms with van der Waals surface area (Å²) in [6.45, 7) is 0. The molecule has 0 radical (unpaired) electrons. The third-order valence-electron chi connectivity index (χ3n) is 1.61. The smallest absolute Gasteiger partial charge is 0.0285 e. The minimum atomic E-state index is 0.939. The van der Waals surface area contributed by atoms with Gasteiger partial charge in [0.05, 0.1) is 0 Å². The van der Waals surface area contributed by atoms with Crippen molar-refractivity contribution in [3.05, 3.63) is 35.5 Å². The number of allylic oxidation sites excluding steroid dienone is 6. The van der Waals surface area contributed by atoms with Crippen molar-refractivity contribution in [2.45, 2.75) is 6.42 Å². The van der Waals surface area contributed by atoms with Crippen LogP contribution in [0.5, 0.6) is 0 Å². The van der Waals surface area contributed by atoms with Crippen LogP contribution in [0.2, 0.25) is 0 Å². The van der Waals surface area contributed by atoms with Crippen LogP contribution < -0.4 is 0 Å². The maximum Gasteiger partial charge on any atom is 0.0285 e. The predicted octanol–water partition coefficient (Wildman–Crippen LogP) is 3.59. The minimum Gasteiger partial charge on any atom is -0.0876 e. The van der Waals surface area contributed by atoms with Gasteiger partial charge in [-0.2, -0.15) is 0 Å². The van der Waals surface area contributed by atoms with Crippen LogP contribution >= 0.6 is 31.9 Å². The van der Waals surface area contributed by atoms with E-state index in [0.29, 0.717) is 0 Å². The highest BCUT2D eigenvalue weighted by molar-refractivity contribution is 9.09. The first kappa shape index (κ1) is 9.27. The van der Waals surface area contributed by atoms with E-state index in [9.17, 15) is 0 Å². The first-order valence-corrected chi connectivity index (χ1v) is 5.80. The summed E-state index contributed by atoms with van der Waals surface area (Å²) in [5.74, 6) is 0. The van der Waals surface area contributed by atoms with Crippen LogP contribution in [0.1, 0.15) is 6.42 Å². The molecule has 0 aromatic carbocycles. The van der Waals surface area contributed by atoms with Crippen LogP contribution in [-0.4, -0.2) is 10.7 Å². The molecular weight excluding hydrogens is 268 g/mol. The second-order valence-corrected chi connectivity index (χ2v) is 3.48. The topological polar surface area (TPSA) is 0 Å². The minimum absolute atomic E-state index is 0.939. The summed E-state index contributed by atoms with van der Waals surface area (Å²) < 4.78 is 0. The van der Waals surface area contributed by atoms with Gasteiger partial charge in [-0.05, 0) is 17.6 Å². The van der Waals surface area contributed by atoms with E-state index in [1.54, 1.807) is 0 Å². The molecule has 0 unspecified atom stereocenters. The van der Waals surface area contributed by atoms with Crippen LogP contribution in [0.15, 0.2) is 35.5 Å². The Morgan fingerprint density at radius 1 is 1.00 bits per heavy atom. The van der Waals surface area contributed by atoms with Gasteiger partial charge in [-0.15, -0.1) is 0 Å². The number of hydrogen-bond acceptors (Lipinski definition) is 0. The van der Waals surface area contributed by atoms with Gasteiger partial charge in [0.1, 0.15) is 0 Å². The number of alkyl halides is 2. The SMILES string of the molecule is BrCC1=C(CBr)C=CCC=C1. The lowest BCUT2D eigenvalue weighted by Gasteiger charge is -2.00. The molecular formula is C9H10Br2. The van der Waals surface area contributed by atoms with Gasteiger partial charge >= 0.3 is 0 Å². The summed E-state index contributed by atoms with van der Waals surface area (Å²) >= 11 is 6.93. The quantitative estimate of drug-likeness (QED) is 0.677. The molecule has 0 heterocycles. The molecule has 0 bridgehead atoms. The van der Waals surface area contributed by atoms with Crippen molar-refractivity contribution in [1.82, 2.24) is 0 Å². The third kappa shape index (κ3) is 2.60. The molecule has 1 aliphatic rings. The Kier molecular flexibility index (Phi) is 4.16. The largest absolute Gasteiger partial charge is 0.0876 e. The number of halogens is 2. The highest BCUT2D eigenvalue weighted by Gasteiger charge is 1.99. The van der Waals surface area contributed by atoms with Crippen molar-refractivity contribution in [3.8, 4) is 0 Å². The molecule has 0 nitrogen and oxygen atoms in total. The fraction of sp³-hybridized carbons (Fsp3) is 0.333. The fourth-order valence-corrected chi connectivity index (χ4v) is 2.07. The Morgan fingerprint density at radius 2 is 1.45 bits per heavy atom. The molecule has 0 saturated carbocycles. The second-order valence-electron chi connectivity index (χ2n) is 2.36. The van der Waals surface area contributed by atoms with Crippen LogP contribution in [0.3, 0.4) is 0 Å². The van der Waals surface area contributed by atoms with E-state index in [2.05, 4.69) is 56.2 Å². The summed E-state index contributed by atoms with van der Waals surface area (Å²) in [5, 5.41) is 1.88. The summed E-state index contributed by atoms with van der Waals surface area (Å²) in [4.78, 5) is 0. The average molecular weight is 278 g/mol. The second kappa shape index (κ2) is 4.94. The predicted molar refractivity (Wildman–Crippen MR) is 57.5 cm³/mol. The highest BCUT2D eigenvalue weighted by atomic mass is 79.9. The molecule has 0 amide bonds. The maximum absolute atomic E-state index is 3.46. The zero-order chi connectivity index (χ0) is 8.10. The molecule has 0 fully saturated rings. The fourth-order valence-electron chi connectivity index (χ4n) is 0.974. The van der Waals surface area contributed by atoms with Crippen molar-refractivity contribution >= 4 is 31.9 Å². The molecule has 11 heavy (non-hydrogen) atoms. The molecule has 0 atom stereocenters. The van der Waals surface area contributed by atoms with Gasteiger partial charge in [-0.1, -0.05) is 56.2 Å². The highest BCUT2D eigenvalue weighted by Crippen LogP contribution is 2.16. The van der Waals surface area contributed by atoms with Crippen molar-refractivity contribution in [2.24, 2.45) is 0 Å². The first-order valence-electron chi connectivity index (χ1n) is 3.55. The molecule has 0 aromatic rings. The molecule has 0 spiro atoms. The van der Waals surface area contributed by atoms with E-state index in [4.69, 9.17) is 0 Å². The number of hydrogen-bond donors (Lipinski definition) is 0. The summed E-state index contributed by atoms with van der Waals surface area (Å²) in [5.41, 5.74) is 2.74. The number of rotatable bonds is 2. The van der Waals surface area contributed by atoms with Gasteiger partial charge in [-0.3, -0.25) is 0 Å². The van der Waals surface area contributed by atoms with Gasteiger partial charge in [0.2, 0.25) is 0 Å². The monoisotopic (exact) mass is 276 g/mol. The molecule has 0 saturated heterocycles. The summed E-state index contributed by atoms with van der Waals surface area (Å²) in [6.07, 6.45) is 9.79. The van der Waals surface area contributed by atoms with E-state index in [1.165, 1.54) is 11.1 Å². The van der Waals surface area contributed by atoms with E-state index < -0.39 is 0 Å². The van der Waals surface area contributed by atoms with Crippen molar-refractivity contribution in [1.29, 1.82) is 0 Å². The van der Waals surface area contributed by atoms with E-state index in [-0.39, 0.29) is 0 Å². The van der Waals surface area contributed by atoms with Gasteiger partial charge in [0.15, 0.2) is 0 Å². The lowest BCUT2D eigenvalue weighted by Crippen LogP contribution is -1.88. The molecule has 60 valence electrons. The Labute approximate surface area is 84.3 Å². The Morgan fingerprint density at radius 3 is 1.82 bits per heavy atom. The van der Waals surface area contributed by atoms with Gasteiger partial charge < -0.3 is 0 Å². The van der Waals surface area contributed by atoms with Gasteiger partial charge in [0.25, 0.3) is 0 Å². The Bertz CT molecular complexity index is 190. The molecule has 0 aromatic heterocycles. The van der Waals surface area contributed by atoms with E-state index in [0.717, 1.165) is 17.1 Å². The molecule has 1 aliphatic carbocycles. The van der Waals surface area contributed by atoms with Crippen LogP contribution in [0, 0.1) is 0 Å². The average Bonchev–Trinajstić information content (AvgIpc) is 2.27. The van der Waals surface area contributed by atoms with Crippen molar-refractivity contribution in [3.63, 3.8) is 0 Å². The summed E-state index contributed by atoms with van der Waals surface area (Å²) in [6, 6.07) is 0. The lowest BCUT2D eigenvalue weighted by atomic mass is 10.1. The van der Waals surface area contributed by atoms with E-state index in [1.807, 2.05) is 0 Å². The molecule has 1 rings (SSSR count). The summed E-state index contributed by atoms with van der Waals surface area (Å²) in [7, 11) is 0. The molecule has 0 aliphatic heterocycles. The normalized spacial score (nSPS) is 17.3. The third-order valence-corrected chi connectivity index (χ3v) is 2.82. The zero-order valence-corrected chi connectivity index (χ0v) is 9.36. The van der Waals surface area contributed by atoms with Gasteiger partial charge in [-0.25, -0.2) is 0 Å². The standard InChI is InChI=1S/C9H10Br2/c10-6-8-4-2-1-3-5-9(8)7-11/h2-5H,1,6-7H2. The first-order chi connectivity index (χ1) is 5.38. The molecule has 2 heteroatoms. The maximum atomic E-state index is 3.46. The zero-order valence-electron chi connectivity index (χ0n) is 6.19. The van der Waals surface area contributed by atoms with Crippen LogP contribution in [0.25, 0.3) is 0 Å². The van der Waals surface area contributed by atoms with Gasteiger partial charge in [0, 0.05) is 10.7 Å². The van der Waals surface area contributed by atoms with Crippen LogP contribution in [0.4, 0.5) is 0 Å². The lowest BCUT2D eigenvalue weighted by molar-refractivity contribution is 1.40. The van der Waals surface area contributed by atoms with E-state index >= 15 is 0 Å². The van der Waals surface area contributed by atoms with Crippen molar-refractivity contribution in [2.75, 3.05) is 10.7 Å². The molecule has 0 N–H and O–H groups in total.